The van der Waals surface area contributed by atoms with Crippen LogP contribution in [0.1, 0.15) is 18.5 Å². The average molecular weight is 450 g/mol. The number of aromatic nitrogens is 2. The lowest BCUT2D eigenvalue weighted by molar-refractivity contribution is -0.115. The molecule has 0 radical (unpaired) electrons. The molecule has 11 heteroatoms. The van der Waals surface area contributed by atoms with Gasteiger partial charge in [-0.3, -0.25) is 14.5 Å². The fourth-order valence-electron chi connectivity index (χ4n) is 2.77. The number of hydrogen-bond acceptors (Lipinski definition) is 6. The van der Waals surface area contributed by atoms with Crippen molar-refractivity contribution in [1.82, 2.24) is 9.97 Å². The van der Waals surface area contributed by atoms with Crippen molar-refractivity contribution in [3.8, 4) is 11.1 Å². The van der Waals surface area contributed by atoms with Crippen molar-refractivity contribution in [2.45, 2.75) is 24.5 Å². The smallest absolute Gasteiger partial charge is 0.237 e. The SMILES string of the molecule is O=C(Cc1csc(NS(=O)(=O)C2CC2)n1)Nc1ccc(-c2cccnc2)c(F)c1F. The van der Waals surface area contributed by atoms with E-state index in [1.807, 2.05) is 0 Å². The fourth-order valence-corrected chi connectivity index (χ4v) is 5.08. The third-order valence-corrected chi connectivity index (χ3v) is 7.18. The van der Waals surface area contributed by atoms with Gasteiger partial charge in [-0.05, 0) is 31.0 Å². The Bertz CT molecular complexity index is 1200. The van der Waals surface area contributed by atoms with Gasteiger partial charge in [0.05, 0.1) is 23.1 Å². The number of nitrogens with zero attached hydrogens (tertiary/aromatic N) is 2. The van der Waals surface area contributed by atoms with Crippen LogP contribution < -0.4 is 10.0 Å². The zero-order chi connectivity index (χ0) is 21.3. The first-order valence-corrected chi connectivity index (χ1v) is 11.4. The number of thiazole rings is 1. The molecule has 30 heavy (non-hydrogen) atoms. The Morgan fingerprint density at radius 3 is 2.70 bits per heavy atom. The van der Waals surface area contributed by atoms with E-state index in [1.54, 1.807) is 12.1 Å². The molecular formula is C19H16F2N4O3S2. The monoisotopic (exact) mass is 450 g/mol. The zero-order valence-corrected chi connectivity index (χ0v) is 17.1. The molecular weight excluding hydrogens is 434 g/mol. The summed E-state index contributed by atoms with van der Waals surface area (Å²) in [5.41, 5.74) is 0.468. The van der Waals surface area contributed by atoms with Crippen LogP contribution in [0.5, 0.6) is 0 Å². The predicted molar refractivity (Wildman–Crippen MR) is 110 cm³/mol. The van der Waals surface area contributed by atoms with E-state index in [2.05, 4.69) is 20.0 Å². The number of hydrogen-bond donors (Lipinski definition) is 2. The maximum absolute atomic E-state index is 14.4. The Labute approximate surface area is 175 Å². The number of rotatable bonds is 7. The summed E-state index contributed by atoms with van der Waals surface area (Å²) in [6.07, 6.45) is 3.96. The number of pyridine rings is 1. The lowest BCUT2D eigenvalue weighted by Crippen LogP contribution is -2.18. The van der Waals surface area contributed by atoms with Crippen LogP contribution in [0.2, 0.25) is 0 Å². The molecule has 2 N–H and O–H groups in total. The van der Waals surface area contributed by atoms with Gasteiger partial charge in [0.15, 0.2) is 16.8 Å². The highest BCUT2D eigenvalue weighted by Crippen LogP contribution is 2.31. The van der Waals surface area contributed by atoms with Crippen molar-refractivity contribution >= 4 is 38.1 Å². The van der Waals surface area contributed by atoms with Gasteiger partial charge in [-0.15, -0.1) is 11.3 Å². The van der Waals surface area contributed by atoms with Crippen LogP contribution in [-0.4, -0.2) is 29.5 Å². The Balaban J connectivity index is 1.43. The zero-order valence-electron chi connectivity index (χ0n) is 15.4. The largest absolute Gasteiger partial charge is 0.323 e. The summed E-state index contributed by atoms with van der Waals surface area (Å²) >= 11 is 1.05. The van der Waals surface area contributed by atoms with Crippen LogP contribution in [0.4, 0.5) is 19.6 Å². The molecule has 0 atom stereocenters. The standard InChI is InChI=1S/C19H16F2N4O3S2/c20-17-14(11-2-1-7-22-9-11)5-6-15(18(17)21)24-16(26)8-12-10-29-19(23-12)25-30(27,28)13-3-4-13/h1-2,5-7,9-10,13H,3-4,8H2,(H,23,25)(H,24,26). The Hall–Kier alpha value is -2.92. The minimum Gasteiger partial charge on any atom is -0.323 e. The molecule has 0 saturated heterocycles. The van der Waals surface area contributed by atoms with Crippen molar-refractivity contribution < 1.29 is 22.0 Å². The number of halogens is 2. The van der Waals surface area contributed by atoms with E-state index < -0.39 is 27.6 Å². The molecule has 1 aromatic carbocycles. The van der Waals surface area contributed by atoms with E-state index in [0.29, 0.717) is 24.1 Å². The summed E-state index contributed by atoms with van der Waals surface area (Å²) < 4.78 is 55.1. The Kier molecular flexibility index (Phi) is 5.48. The fraction of sp³-hybridized carbons (Fsp3) is 0.211. The van der Waals surface area contributed by atoms with E-state index in [0.717, 1.165) is 11.3 Å². The molecule has 0 unspecified atom stereocenters. The van der Waals surface area contributed by atoms with E-state index in [1.165, 1.54) is 29.9 Å². The molecule has 3 aromatic rings. The van der Waals surface area contributed by atoms with Gasteiger partial charge < -0.3 is 5.32 Å². The minimum absolute atomic E-state index is 0.0330. The highest BCUT2D eigenvalue weighted by atomic mass is 32.2. The van der Waals surface area contributed by atoms with Crippen molar-refractivity contribution in [3.63, 3.8) is 0 Å². The summed E-state index contributed by atoms with van der Waals surface area (Å²) in [4.78, 5) is 20.2. The van der Waals surface area contributed by atoms with Gasteiger partial charge in [0, 0.05) is 28.9 Å². The number of benzene rings is 1. The third kappa shape index (κ3) is 4.46. The lowest BCUT2D eigenvalue weighted by Gasteiger charge is -2.09. The first-order valence-electron chi connectivity index (χ1n) is 8.98. The number of nitrogens with one attached hydrogen (secondary N) is 2. The first kappa shape index (κ1) is 20.4. The maximum Gasteiger partial charge on any atom is 0.237 e. The molecule has 7 nitrogen and oxygen atoms in total. The quantitative estimate of drug-likeness (QED) is 0.573. The van der Waals surface area contributed by atoms with Crippen LogP contribution in [0.15, 0.2) is 42.0 Å². The number of carbonyl (C=O) groups is 1. The van der Waals surface area contributed by atoms with Gasteiger partial charge in [-0.25, -0.2) is 22.2 Å². The maximum atomic E-state index is 14.4. The Morgan fingerprint density at radius 1 is 1.20 bits per heavy atom. The van der Waals surface area contributed by atoms with Crippen LogP contribution in [0.25, 0.3) is 11.1 Å². The second-order valence-corrected chi connectivity index (χ2v) is 9.56. The summed E-state index contributed by atoms with van der Waals surface area (Å²) in [6.45, 7) is 0. The van der Waals surface area contributed by atoms with Gasteiger partial charge in [-0.2, -0.15) is 0 Å². The molecule has 1 amide bonds. The van der Waals surface area contributed by atoms with Gasteiger partial charge in [-0.1, -0.05) is 6.07 Å². The molecule has 2 aromatic heterocycles. The topological polar surface area (TPSA) is 101 Å². The molecule has 0 bridgehead atoms. The molecule has 1 saturated carbocycles. The molecule has 0 spiro atoms. The van der Waals surface area contributed by atoms with Gasteiger partial charge >= 0.3 is 0 Å². The average Bonchev–Trinajstić information content (AvgIpc) is 3.49. The lowest BCUT2D eigenvalue weighted by atomic mass is 10.1. The molecule has 1 aliphatic rings. The van der Waals surface area contributed by atoms with Crippen LogP contribution in [0, 0.1) is 11.6 Å². The van der Waals surface area contributed by atoms with E-state index in [9.17, 15) is 22.0 Å². The molecule has 4 rings (SSSR count). The highest BCUT2D eigenvalue weighted by molar-refractivity contribution is 7.93. The van der Waals surface area contributed by atoms with E-state index in [4.69, 9.17) is 0 Å². The van der Waals surface area contributed by atoms with Crippen LogP contribution >= 0.6 is 11.3 Å². The van der Waals surface area contributed by atoms with Crippen LogP contribution in [0.3, 0.4) is 0 Å². The second kappa shape index (κ2) is 8.07. The van der Waals surface area contributed by atoms with Crippen molar-refractivity contribution in [2.75, 3.05) is 10.0 Å². The van der Waals surface area contributed by atoms with Gasteiger partial charge in [0.25, 0.3) is 0 Å². The number of sulfonamides is 1. The summed E-state index contributed by atoms with van der Waals surface area (Å²) in [5.74, 6) is -2.88. The molecule has 1 aliphatic carbocycles. The van der Waals surface area contributed by atoms with E-state index in [-0.39, 0.29) is 28.1 Å². The molecule has 156 valence electrons. The molecule has 2 heterocycles. The summed E-state index contributed by atoms with van der Waals surface area (Å²) in [6, 6.07) is 5.84. The van der Waals surface area contributed by atoms with Crippen molar-refractivity contribution in [1.29, 1.82) is 0 Å². The first-order chi connectivity index (χ1) is 14.3. The summed E-state index contributed by atoms with van der Waals surface area (Å²) in [5, 5.41) is 3.64. The second-order valence-electron chi connectivity index (χ2n) is 6.75. The third-order valence-electron chi connectivity index (χ3n) is 4.42. The Morgan fingerprint density at radius 2 is 2.00 bits per heavy atom. The number of amides is 1. The molecule has 1 fully saturated rings. The predicted octanol–water partition coefficient (Wildman–Crippen LogP) is 3.57. The van der Waals surface area contributed by atoms with E-state index >= 15 is 0 Å². The summed E-state index contributed by atoms with van der Waals surface area (Å²) in [7, 11) is -3.44. The highest BCUT2D eigenvalue weighted by Gasteiger charge is 2.36. The van der Waals surface area contributed by atoms with Crippen molar-refractivity contribution in [3.05, 3.63) is 59.4 Å². The van der Waals surface area contributed by atoms with Gasteiger partial charge in [0.1, 0.15) is 0 Å². The molecule has 0 aliphatic heterocycles. The van der Waals surface area contributed by atoms with Crippen LogP contribution in [-0.2, 0) is 21.2 Å². The minimum atomic E-state index is -3.44. The number of carbonyl (C=O) groups excluding carboxylic acids is 1. The normalized spacial score (nSPS) is 13.8. The van der Waals surface area contributed by atoms with Crippen molar-refractivity contribution in [2.24, 2.45) is 0 Å². The van der Waals surface area contributed by atoms with Gasteiger partial charge in [0.2, 0.25) is 15.9 Å². The number of anilines is 2.